The van der Waals surface area contributed by atoms with Gasteiger partial charge in [0.25, 0.3) is 0 Å². The third-order valence-electron chi connectivity index (χ3n) is 1.82. The maximum Gasteiger partial charge on any atom is 0.242 e. The summed E-state index contributed by atoms with van der Waals surface area (Å²) in [4.78, 5) is 6.36. The van der Waals surface area contributed by atoms with Crippen LogP contribution in [-0.4, -0.2) is 10.9 Å². The van der Waals surface area contributed by atoms with E-state index in [0.29, 0.717) is 10.9 Å². The van der Waals surface area contributed by atoms with Gasteiger partial charge in [0, 0.05) is 4.88 Å². The number of azo groups is 1. The van der Waals surface area contributed by atoms with E-state index in [-0.39, 0.29) is 0 Å². The minimum absolute atomic E-state index is 0.318. The summed E-state index contributed by atoms with van der Waals surface area (Å²) < 4.78 is 0. The maximum absolute atomic E-state index is 4.79. The van der Waals surface area contributed by atoms with E-state index < -0.39 is 0 Å². The van der Waals surface area contributed by atoms with Crippen LogP contribution in [0.15, 0.2) is 21.3 Å². The molecule has 0 saturated heterocycles. The molecule has 0 amide bonds. The van der Waals surface area contributed by atoms with Gasteiger partial charge in [-0.3, -0.25) is 0 Å². The minimum Gasteiger partial charge on any atom is -0.194 e. The molecule has 3 nitrogen and oxygen atoms in total. The van der Waals surface area contributed by atoms with Crippen LogP contribution in [0, 0.1) is 13.8 Å². The predicted octanol–water partition coefficient (Wildman–Crippen LogP) is 2.86. The van der Waals surface area contributed by atoms with E-state index >= 15 is 0 Å². The van der Waals surface area contributed by atoms with Gasteiger partial charge >= 0.3 is 0 Å². The lowest BCUT2D eigenvalue weighted by atomic mass is 10.3. The monoisotopic (exact) mass is 209 g/mol. The van der Waals surface area contributed by atoms with Gasteiger partial charge in [-0.25, -0.2) is 0 Å². The van der Waals surface area contributed by atoms with Crippen LogP contribution < -0.4 is 0 Å². The number of aryl methyl sites for hydroxylation is 2. The van der Waals surface area contributed by atoms with Crippen molar-refractivity contribution >= 4 is 34.5 Å². The van der Waals surface area contributed by atoms with Crippen molar-refractivity contribution in [1.82, 2.24) is 0 Å². The van der Waals surface area contributed by atoms with Crippen LogP contribution in [0.3, 0.4) is 0 Å². The Labute approximate surface area is 85.2 Å². The third-order valence-corrected chi connectivity index (χ3v) is 3.14. The van der Waals surface area contributed by atoms with E-state index in [1.54, 1.807) is 11.3 Å². The standard InChI is InChI=1S/C8H7N3S2/c1-4-3-6(13-5(4)2)7-9-8(12)11-10-7/h3H,1-2H3. The molecule has 0 bridgehead atoms. The van der Waals surface area contributed by atoms with Gasteiger partial charge in [-0.15, -0.1) is 21.6 Å². The first kappa shape index (κ1) is 8.65. The Morgan fingerprint density at radius 1 is 1.31 bits per heavy atom. The Bertz CT molecular complexity index is 409. The number of thiocarbonyl (C=S) groups is 1. The molecule has 1 aromatic rings. The third kappa shape index (κ3) is 1.57. The number of hydrogen-bond acceptors (Lipinski definition) is 3. The molecule has 0 spiro atoms. The van der Waals surface area contributed by atoms with Gasteiger partial charge in [0.2, 0.25) is 5.11 Å². The van der Waals surface area contributed by atoms with Gasteiger partial charge < -0.3 is 0 Å². The van der Waals surface area contributed by atoms with Crippen molar-refractivity contribution in [3.63, 3.8) is 0 Å². The number of amidine groups is 1. The van der Waals surface area contributed by atoms with Gasteiger partial charge in [-0.05, 0) is 37.7 Å². The van der Waals surface area contributed by atoms with Crippen LogP contribution in [0.1, 0.15) is 15.3 Å². The second-order valence-electron chi connectivity index (χ2n) is 2.77. The summed E-state index contributed by atoms with van der Waals surface area (Å²) in [7, 11) is 0. The van der Waals surface area contributed by atoms with E-state index in [9.17, 15) is 0 Å². The van der Waals surface area contributed by atoms with Crippen LogP contribution in [0.4, 0.5) is 0 Å². The molecule has 0 saturated carbocycles. The Balaban J connectivity index is 2.42. The molecule has 0 N–H and O–H groups in total. The highest BCUT2D eigenvalue weighted by atomic mass is 32.1. The molecule has 1 aliphatic heterocycles. The molecule has 0 radical (unpaired) electrons. The van der Waals surface area contributed by atoms with E-state index in [4.69, 9.17) is 12.2 Å². The van der Waals surface area contributed by atoms with Crippen molar-refractivity contribution in [3.05, 3.63) is 21.4 Å². The first-order valence-corrected chi connectivity index (χ1v) is 5.01. The molecular weight excluding hydrogens is 202 g/mol. The van der Waals surface area contributed by atoms with Gasteiger partial charge in [0.15, 0.2) is 5.84 Å². The second-order valence-corrected chi connectivity index (χ2v) is 4.39. The van der Waals surface area contributed by atoms with Gasteiger partial charge in [-0.2, -0.15) is 4.99 Å². The topological polar surface area (TPSA) is 37.1 Å². The lowest BCUT2D eigenvalue weighted by Crippen LogP contribution is -1.88. The highest BCUT2D eigenvalue weighted by Gasteiger charge is 2.12. The fourth-order valence-corrected chi connectivity index (χ4v) is 2.10. The van der Waals surface area contributed by atoms with Crippen molar-refractivity contribution in [2.24, 2.45) is 15.2 Å². The average Bonchev–Trinajstić information content (AvgIpc) is 2.61. The zero-order valence-corrected chi connectivity index (χ0v) is 8.87. The Morgan fingerprint density at radius 3 is 2.54 bits per heavy atom. The van der Waals surface area contributed by atoms with Crippen molar-refractivity contribution in [1.29, 1.82) is 0 Å². The van der Waals surface area contributed by atoms with Gasteiger partial charge in [-0.1, -0.05) is 0 Å². The fourth-order valence-electron chi connectivity index (χ4n) is 1.01. The largest absolute Gasteiger partial charge is 0.242 e. The molecule has 5 heteroatoms. The van der Waals surface area contributed by atoms with E-state index in [1.807, 2.05) is 0 Å². The predicted molar refractivity (Wildman–Crippen MR) is 57.8 cm³/mol. The van der Waals surface area contributed by atoms with Crippen molar-refractivity contribution in [3.8, 4) is 0 Å². The Morgan fingerprint density at radius 2 is 2.08 bits per heavy atom. The van der Waals surface area contributed by atoms with Crippen LogP contribution in [0.5, 0.6) is 0 Å². The SMILES string of the molecule is Cc1cc(C2=NC(=S)N=N2)sc1C. The van der Waals surface area contributed by atoms with Gasteiger partial charge in [0.1, 0.15) is 0 Å². The summed E-state index contributed by atoms with van der Waals surface area (Å²) in [6.07, 6.45) is 0. The first-order chi connectivity index (χ1) is 6.16. The number of rotatable bonds is 1. The Kier molecular flexibility index (Phi) is 2.05. The number of thiophene rings is 1. The summed E-state index contributed by atoms with van der Waals surface area (Å²) in [5.41, 5.74) is 1.26. The molecule has 0 fully saturated rings. The minimum atomic E-state index is 0.318. The van der Waals surface area contributed by atoms with Crippen molar-refractivity contribution in [2.75, 3.05) is 0 Å². The second kappa shape index (κ2) is 3.08. The van der Waals surface area contributed by atoms with Crippen LogP contribution in [-0.2, 0) is 0 Å². The molecule has 0 unspecified atom stereocenters. The maximum atomic E-state index is 4.79. The molecular formula is C8H7N3S2. The van der Waals surface area contributed by atoms with E-state index in [2.05, 4.69) is 35.1 Å². The molecule has 0 aromatic carbocycles. The summed E-state index contributed by atoms with van der Waals surface area (Å²) >= 11 is 6.46. The quantitative estimate of drug-likeness (QED) is 0.655. The fraction of sp³-hybridized carbons (Fsp3) is 0.250. The summed E-state index contributed by atoms with van der Waals surface area (Å²) in [6, 6.07) is 2.06. The van der Waals surface area contributed by atoms with Crippen LogP contribution in [0.2, 0.25) is 0 Å². The van der Waals surface area contributed by atoms with E-state index in [0.717, 1.165) is 4.88 Å². The highest BCUT2D eigenvalue weighted by Crippen LogP contribution is 2.23. The molecule has 66 valence electrons. The van der Waals surface area contributed by atoms with E-state index in [1.165, 1.54) is 10.4 Å². The van der Waals surface area contributed by atoms with Crippen LogP contribution in [0.25, 0.3) is 0 Å². The zero-order valence-electron chi connectivity index (χ0n) is 7.24. The van der Waals surface area contributed by atoms with Gasteiger partial charge in [0.05, 0.1) is 4.88 Å². The van der Waals surface area contributed by atoms with Crippen molar-refractivity contribution < 1.29 is 0 Å². The lowest BCUT2D eigenvalue weighted by molar-refractivity contribution is 1.40. The summed E-state index contributed by atoms with van der Waals surface area (Å²) in [6.45, 7) is 4.15. The summed E-state index contributed by atoms with van der Waals surface area (Å²) in [5, 5.41) is 7.90. The number of aliphatic imine (C=N–C) groups is 1. The average molecular weight is 209 g/mol. The number of nitrogens with zero attached hydrogens (tertiary/aromatic N) is 3. The molecule has 2 heterocycles. The molecule has 0 aliphatic carbocycles. The number of hydrogen-bond donors (Lipinski definition) is 0. The molecule has 2 rings (SSSR count). The molecule has 1 aliphatic rings. The first-order valence-electron chi connectivity index (χ1n) is 3.78. The van der Waals surface area contributed by atoms with Crippen molar-refractivity contribution in [2.45, 2.75) is 13.8 Å². The van der Waals surface area contributed by atoms with Crippen LogP contribution >= 0.6 is 23.6 Å². The zero-order chi connectivity index (χ0) is 9.42. The summed E-state index contributed by atoms with van der Waals surface area (Å²) in [5.74, 6) is 0.645. The highest BCUT2D eigenvalue weighted by molar-refractivity contribution is 7.80. The molecule has 13 heavy (non-hydrogen) atoms. The lowest BCUT2D eigenvalue weighted by Gasteiger charge is -1.85. The molecule has 0 atom stereocenters. The molecule has 1 aromatic heterocycles. The Hall–Kier alpha value is -0.940. The normalized spacial score (nSPS) is 15.2. The smallest absolute Gasteiger partial charge is 0.194 e.